The van der Waals surface area contributed by atoms with E-state index < -0.39 is 7.67 Å². The molecule has 0 heterocycles. The monoisotopic (exact) mass is 258 g/mol. The van der Waals surface area contributed by atoms with E-state index >= 15 is 0 Å². The summed E-state index contributed by atoms with van der Waals surface area (Å²) in [5.74, 6) is 1.04. The Balaban J connectivity index is 3.07. The largest absolute Gasteiger partial charge is 0.493 e. The van der Waals surface area contributed by atoms with Gasteiger partial charge in [0.1, 0.15) is 0 Å². The maximum Gasteiger partial charge on any atom is 0.394 e. The SMILES string of the molecule is COc1ccccc1OP(=O)(N(C)C)N(C)C. The van der Waals surface area contributed by atoms with Gasteiger partial charge in [-0.3, -0.25) is 0 Å². The van der Waals surface area contributed by atoms with Crippen molar-refractivity contribution in [3.05, 3.63) is 24.3 Å². The highest BCUT2D eigenvalue weighted by molar-refractivity contribution is 7.54. The smallest absolute Gasteiger partial charge is 0.394 e. The molecule has 0 N–H and O–H groups in total. The van der Waals surface area contributed by atoms with Crippen LogP contribution in [0.15, 0.2) is 24.3 Å². The molecular formula is C11H19N2O3P. The predicted octanol–water partition coefficient (Wildman–Crippen LogP) is 2.31. The molecule has 1 aromatic carbocycles. The van der Waals surface area contributed by atoms with E-state index in [-0.39, 0.29) is 0 Å². The Morgan fingerprint density at radius 2 is 1.47 bits per heavy atom. The molecule has 0 spiro atoms. The van der Waals surface area contributed by atoms with Gasteiger partial charge < -0.3 is 9.26 Å². The third-order valence-electron chi connectivity index (χ3n) is 2.30. The van der Waals surface area contributed by atoms with Crippen molar-refractivity contribution < 1.29 is 13.8 Å². The van der Waals surface area contributed by atoms with Crippen molar-refractivity contribution in [3.63, 3.8) is 0 Å². The number of methoxy groups -OCH3 is 1. The van der Waals surface area contributed by atoms with Crippen LogP contribution in [-0.4, -0.2) is 44.6 Å². The first-order chi connectivity index (χ1) is 7.91. The van der Waals surface area contributed by atoms with Gasteiger partial charge in [0.05, 0.1) is 7.11 Å². The minimum atomic E-state index is -3.04. The van der Waals surface area contributed by atoms with E-state index in [0.29, 0.717) is 11.5 Å². The lowest BCUT2D eigenvalue weighted by molar-refractivity contribution is 0.337. The van der Waals surface area contributed by atoms with E-state index in [1.807, 2.05) is 12.1 Å². The summed E-state index contributed by atoms with van der Waals surface area (Å²) in [5, 5.41) is 0. The molecule has 6 heteroatoms. The van der Waals surface area contributed by atoms with Crippen LogP contribution in [0, 0.1) is 0 Å². The predicted molar refractivity (Wildman–Crippen MR) is 68.6 cm³/mol. The third-order valence-corrected chi connectivity index (χ3v) is 4.75. The van der Waals surface area contributed by atoms with Gasteiger partial charge in [-0.1, -0.05) is 12.1 Å². The van der Waals surface area contributed by atoms with E-state index in [1.165, 1.54) is 0 Å². The van der Waals surface area contributed by atoms with Crippen LogP contribution in [-0.2, 0) is 4.57 Å². The van der Waals surface area contributed by atoms with Crippen molar-refractivity contribution >= 4 is 7.67 Å². The van der Waals surface area contributed by atoms with E-state index in [0.717, 1.165) is 0 Å². The second kappa shape index (κ2) is 5.54. The number of hydrogen-bond donors (Lipinski definition) is 0. The minimum Gasteiger partial charge on any atom is -0.493 e. The Morgan fingerprint density at radius 3 is 1.88 bits per heavy atom. The Morgan fingerprint density at radius 1 is 1.00 bits per heavy atom. The van der Waals surface area contributed by atoms with Gasteiger partial charge in [-0.2, -0.15) is 0 Å². The average molecular weight is 258 g/mol. The van der Waals surface area contributed by atoms with Crippen LogP contribution >= 0.6 is 7.67 Å². The zero-order chi connectivity index (χ0) is 13.1. The van der Waals surface area contributed by atoms with Crippen molar-refractivity contribution in [3.8, 4) is 11.5 Å². The summed E-state index contributed by atoms with van der Waals surface area (Å²) < 4.78 is 26.6. The van der Waals surface area contributed by atoms with Gasteiger partial charge in [0.15, 0.2) is 11.5 Å². The first-order valence-electron chi connectivity index (χ1n) is 5.20. The van der Waals surface area contributed by atoms with Gasteiger partial charge in [-0.25, -0.2) is 13.9 Å². The first-order valence-corrected chi connectivity index (χ1v) is 6.73. The van der Waals surface area contributed by atoms with Crippen LogP contribution in [0.3, 0.4) is 0 Å². The van der Waals surface area contributed by atoms with Gasteiger partial charge in [0, 0.05) is 0 Å². The molecular weight excluding hydrogens is 239 g/mol. The van der Waals surface area contributed by atoms with Gasteiger partial charge in [-0.05, 0) is 40.3 Å². The zero-order valence-electron chi connectivity index (χ0n) is 10.9. The summed E-state index contributed by atoms with van der Waals surface area (Å²) in [6.07, 6.45) is 0. The van der Waals surface area contributed by atoms with E-state index in [1.54, 1.807) is 56.8 Å². The molecule has 0 aromatic heterocycles. The quantitative estimate of drug-likeness (QED) is 0.758. The van der Waals surface area contributed by atoms with E-state index in [9.17, 15) is 4.57 Å². The summed E-state index contributed by atoms with van der Waals surface area (Å²) in [5.41, 5.74) is 0. The number of para-hydroxylation sites is 2. The van der Waals surface area contributed by atoms with Crippen LogP contribution in [0.5, 0.6) is 11.5 Å². The molecule has 0 saturated heterocycles. The number of nitrogens with zero attached hydrogens (tertiary/aromatic N) is 2. The molecule has 0 unspecified atom stereocenters. The minimum absolute atomic E-state index is 0.473. The molecule has 0 aliphatic heterocycles. The fourth-order valence-electron chi connectivity index (χ4n) is 1.34. The molecule has 1 aromatic rings. The highest BCUT2D eigenvalue weighted by atomic mass is 31.2. The van der Waals surface area contributed by atoms with Crippen LogP contribution in [0.4, 0.5) is 0 Å². The van der Waals surface area contributed by atoms with Crippen LogP contribution in [0.2, 0.25) is 0 Å². The topological polar surface area (TPSA) is 42.0 Å². The summed E-state index contributed by atoms with van der Waals surface area (Å²) in [6, 6.07) is 7.15. The summed E-state index contributed by atoms with van der Waals surface area (Å²) in [7, 11) is 5.39. The number of ether oxygens (including phenoxy) is 1. The molecule has 17 heavy (non-hydrogen) atoms. The summed E-state index contributed by atoms with van der Waals surface area (Å²) >= 11 is 0. The second-order valence-corrected chi connectivity index (χ2v) is 6.69. The van der Waals surface area contributed by atoms with Gasteiger partial charge in [-0.15, -0.1) is 0 Å². The lowest BCUT2D eigenvalue weighted by Gasteiger charge is -2.30. The Kier molecular flexibility index (Phi) is 4.57. The second-order valence-electron chi connectivity index (χ2n) is 3.93. The van der Waals surface area contributed by atoms with E-state index in [4.69, 9.17) is 9.26 Å². The number of rotatable bonds is 5. The van der Waals surface area contributed by atoms with Gasteiger partial charge >= 0.3 is 7.67 Å². The maximum atomic E-state index is 12.6. The van der Waals surface area contributed by atoms with Crippen LogP contribution in [0.1, 0.15) is 0 Å². The van der Waals surface area contributed by atoms with Crippen molar-refractivity contribution in [1.29, 1.82) is 0 Å². The van der Waals surface area contributed by atoms with Crippen molar-refractivity contribution in [2.75, 3.05) is 35.3 Å². The lowest BCUT2D eigenvalue weighted by atomic mass is 10.3. The molecule has 0 amide bonds. The van der Waals surface area contributed by atoms with E-state index in [2.05, 4.69) is 0 Å². The van der Waals surface area contributed by atoms with Crippen molar-refractivity contribution in [1.82, 2.24) is 9.34 Å². The molecule has 0 radical (unpaired) electrons. The van der Waals surface area contributed by atoms with Gasteiger partial charge in [0.2, 0.25) is 0 Å². The van der Waals surface area contributed by atoms with Crippen molar-refractivity contribution in [2.24, 2.45) is 0 Å². The molecule has 0 aliphatic rings. The first kappa shape index (κ1) is 14.0. The molecule has 5 nitrogen and oxygen atoms in total. The molecule has 0 bridgehead atoms. The normalized spacial score (nSPS) is 11.9. The highest BCUT2D eigenvalue weighted by Gasteiger charge is 2.32. The summed E-state index contributed by atoms with van der Waals surface area (Å²) in [4.78, 5) is 0. The Bertz CT molecular complexity index is 409. The van der Waals surface area contributed by atoms with Crippen molar-refractivity contribution in [2.45, 2.75) is 0 Å². The number of hydrogen-bond acceptors (Lipinski definition) is 3. The third kappa shape index (κ3) is 3.00. The van der Waals surface area contributed by atoms with Gasteiger partial charge in [0.25, 0.3) is 0 Å². The Labute approximate surface area is 102 Å². The van der Waals surface area contributed by atoms with Crippen LogP contribution < -0.4 is 9.26 Å². The standard InChI is InChI=1S/C11H19N2O3P/c1-12(2)17(14,13(3)4)16-11-9-7-6-8-10(11)15-5/h6-9H,1-5H3. The fourth-order valence-corrected chi connectivity index (χ4v) is 2.79. The average Bonchev–Trinajstić information content (AvgIpc) is 2.29. The Hall–Kier alpha value is -1.03. The lowest BCUT2D eigenvalue weighted by Crippen LogP contribution is -2.24. The van der Waals surface area contributed by atoms with Crippen LogP contribution in [0.25, 0.3) is 0 Å². The maximum absolute atomic E-state index is 12.6. The molecule has 96 valence electrons. The summed E-state index contributed by atoms with van der Waals surface area (Å²) in [6.45, 7) is 0. The fraction of sp³-hybridized carbons (Fsp3) is 0.455. The molecule has 1 rings (SSSR count). The molecule has 0 aliphatic carbocycles. The highest BCUT2D eigenvalue weighted by Crippen LogP contribution is 2.52. The molecule has 0 fully saturated rings. The molecule has 0 atom stereocenters. The number of benzene rings is 1. The zero-order valence-corrected chi connectivity index (χ0v) is 11.8. The molecule has 0 saturated carbocycles.